The van der Waals surface area contributed by atoms with Gasteiger partial charge in [0.1, 0.15) is 11.6 Å². The number of amides is 1. The highest BCUT2D eigenvalue weighted by Gasteiger charge is 2.17. The van der Waals surface area contributed by atoms with Crippen LogP contribution in [0, 0.1) is 5.82 Å². The van der Waals surface area contributed by atoms with Gasteiger partial charge in [0.25, 0.3) is 5.91 Å². The molecule has 0 bridgehead atoms. The quantitative estimate of drug-likeness (QED) is 0.333. The summed E-state index contributed by atoms with van der Waals surface area (Å²) in [6.45, 7) is 6.91. The van der Waals surface area contributed by atoms with Gasteiger partial charge in [-0.25, -0.2) is 4.39 Å². The van der Waals surface area contributed by atoms with E-state index in [2.05, 4.69) is 4.90 Å². The van der Waals surface area contributed by atoms with E-state index < -0.39 is 0 Å². The zero-order chi connectivity index (χ0) is 23.0. The van der Waals surface area contributed by atoms with Gasteiger partial charge in [-0.3, -0.25) is 4.79 Å². The largest absolute Gasteiger partial charge is 0.494 e. The van der Waals surface area contributed by atoms with E-state index in [1.807, 2.05) is 43.3 Å². The van der Waals surface area contributed by atoms with E-state index in [0.29, 0.717) is 24.3 Å². The molecule has 1 amide bonds. The number of halogens is 2. The smallest absolute Gasteiger partial charge is 0.254 e. The third-order valence-corrected chi connectivity index (χ3v) is 6.38. The van der Waals surface area contributed by atoms with Crippen LogP contribution in [0.5, 0.6) is 5.75 Å². The van der Waals surface area contributed by atoms with Crippen molar-refractivity contribution in [2.24, 2.45) is 0 Å². The van der Waals surface area contributed by atoms with Crippen molar-refractivity contribution in [2.45, 2.75) is 39.2 Å². The number of nitrogens with zero attached hydrogens (tertiary/aromatic N) is 2. The monoisotopic (exact) mass is 484 g/mol. The lowest BCUT2D eigenvalue weighted by Gasteiger charge is -2.26. The van der Waals surface area contributed by atoms with Crippen molar-refractivity contribution in [1.82, 2.24) is 9.80 Å². The number of likely N-dealkylation sites (tertiary alicyclic amines) is 1. The highest BCUT2D eigenvalue weighted by molar-refractivity contribution is 5.98. The minimum Gasteiger partial charge on any atom is -0.494 e. The van der Waals surface area contributed by atoms with Crippen LogP contribution in [-0.4, -0.2) is 48.5 Å². The third-order valence-electron chi connectivity index (χ3n) is 6.38. The zero-order valence-corrected chi connectivity index (χ0v) is 20.7. The molecule has 1 aliphatic rings. The molecule has 6 heteroatoms. The van der Waals surface area contributed by atoms with Crippen LogP contribution in [0.4, 0.5) is 4.39 Å². The van der Waals surface area contributed by atoms with E-state index in [9.17, 15) is 9.18 Å². The highest BCUT2D eigenvalue weighted by Crippen LogP contribution is 2.23. The molecular formula is C28H34ClFN2O2. The van der Waals surface area contributed by atoms with E-state index in [0.717, 1.165) is 29.5 Å². The van der Waals surface area contributed by atoms with Crippen molar-refractivity contribution in [3.05, 3.63) is 77.6 Å². The molecule has 0 unspecified atom stereocenters. The second-order valence-corrected chi connectivity index (χ2v) is 8.74. The van der Waals surface area contributed by atoms with E-state index in [1.54, 1.807) is 23.1 Å². The molecule has 0 radical (unpaired) electrons. The Bertz CT molecular complexity index is 1080. The highest BCUT2D eigenvalue weighted by atomic mass is 35.5. The summed E-state index contributed by atoms with van der Waals surface area (Å²) in [5.74, 6) is 0.473. The predicted octanol–water partition coefficient (Wildman–Crippen LogP) is 6.32. The SMILES string of the molecule is CCN(Cc1ccccc1F)C(=O)c1ccc2cc(OCCCN3CCCCC3)ccc2c1.Cl. The second-order valence-electron chi connectivity index (χ2n) is 8.74. The van der Waals surface area contributed by atoms with E-state index in [4.69, 9.17) is 4.74 Å². The first-order valence-corrected chi connectivity index (χ1v) is 12.1. The Morgan fingerprint density at radius 2 is 1.74 bits per heavy atom. The van der Waals surface area contributed by atoms with Crippen molar-refractivity contribution in [3.63, 3.8) is 0 Å². The lowest BCUT2D eigenvalue weighted by Crippen LogP contribution is -2.31. The van der Waals surface area contributed by atoms with Crippen LogP contribution < -0.4 is 4.74 Å². The Kier molecular flexibility index (Phi) is 9.73. The molecule has 3 aromatic carbocycles. The molecule has 3 aromatic rings. The maximum absolute atomic E-state index is 14.1. The minimum absolute atomic E-state index is 0. The van der Waals surface area contributed by atoms with Crippen molar-refractivity contribution >= 4 is 29.1 Å². The summed E-state index contributed by atoms with van der Waals surface area (Å²) in [5.41, 5.74) is 1.13. The fraction of sp³-hybridized carbons (Fsp3) is 0.393. The van der Waals surface area contributed by atoms with Gasteiger partial charge in [-0.1, -0.05) is 36.8 Å². The van der Waals surface area contributed by atoms with Crippen LogP contribution in [0.1, 0.15) is 48.5 Å². The standard InChI is InChI=1S/C28H33FN2O2.ClH/c1-2-31(21-25-9-4-5-10-27(25)29)28(32)24-12-11-23-20-26(14-13-22(23)19-24)33-18-8-17-30-15-6-3-7-16-30;/h4-5,9-14,19-20H,2-3,6-8,15-18,21H2,1H3;1H. The third kappa shape index (κ3) is 6.71. The van der Waals surface area contributed by atoms with Crippen LogP contribution in [0.15, 0.2) is 60.7 Å². The molecule has 0 aliphatic carbocycles. The number of benzene rings is 3. The Labute approximate surface area is 208 Å². The van der Waals surface area contributed by atoms with Crippen LogP contribution in [0.2, 0.25) is 0 Å². The van der Waals surface area contributed by atoms with Gasteiger partial charge >= 0.3 is 0 Å². The molecule has 1 saturated heterocycles. The van der Waals surface area contributed by atoms with Gasteiger partial charge < -0.3 is 14.5 Å². The first kappa shape index (κ1) is 26.0. The summed E-state index contributed by atoms with van der Waals surface area (Å²) in [4.78, 5) is 17.3. The van der Waals surface area contributed by atoms with Crippen LogP contribution in [-0.2, 0) is 6.54 Å². The molecule has 1 heterocycles. The first-order valence-electron chi connectivity index (χ1n) is 12.1. The average molecular weight is 485 g/mol. The summed E-state index contributed by atoms with van der Waals surface area (Å²) in [7, 11) is 0. The average Bonchev–Trinajstić information content (AvgIpc) is 2.86. The predicted molar refractivity (Wildman–Crippen MR) is 138 cm³/mol. The number of hydrogen-bond donors (Lipinski definition) is 0. The number of fused-ring (bicyclic) bond motifs is 1. The van der Waals surface area contributed by atoms with Gasteiger partial charge in [-0.15, -0.1) is 12.4 Å². The Morgan fingerprint density at radius 1 is 1.00 bits per heavy atom. The molecular weight excluding hydrogens is 451 g/mol. The molecule has 0 aromatic heterocycles. The summed E-state index contributed by atoms with van der Waals surface area (Å²) >= 11 is 0. The fourth-order valence-corrected chi connectivity index (χ4v) is 4.45. The van der Waals surface area contributed by atoms with Gasteiger partial charge in [0.05, 0.1) is 6.61 Å². The number of ether oxygens (including phenoxy) is 1. The number of piperidine rings is 1. The van der Waals surface area contributed by atoms with E-state index in [-0.39, 0.29) is 30.7 Å². The first-order chi connectivity index (χ1) is 16.1. The zero-order valence-electron chi connectivity index (χ0n) is 19.8. The molecule has 4 rings (SSSR count). The molecule has 0 N–H and O–H groups in total. The Morgan fingerprint density at radius 3 is 2.50 bits per heavy atom. The van der Waals surface area contributed by atoms with E-state index >= 15 is 0 Å². The molecule has 0 atom stereocenters. The van der Waals surface area contributed by atoms with Crippen LogP contribution in [0.25, 0.3) is 10.8 Å². The summed E-state index contributed by atoms with van der Waals surface area (Å²) in [6.07, 6.45) is 5.02. The van der Waals surface area contributed by atoms with Gasteiger partial charge in [0, 0.05) is 30.8 Å². The lowest BCUT2D eigenvalue weighted by molar-refractivity contribution is 0.0751. The maximum Gasteiger partial charge on any atom is 0.254 e. The minimum atomic E-state index is -0.286. The van der Waals surface area contributed by atoms with Crippen molar-refractivity contribution < 1.29 is 13.9 Å². The molecule has 1 fully saturated rings. The number of carbonyl (C=O) groups is 1. The summed E-state index contributed by atoms with van der Waals surface area (Å²) in [5, 5.41) is 2.03. The molecule has 1 aliphatic heterocycles. The fourth-order valence-electron chi connectivity index (χ4n) is 4.45. The van der Waals surface area contributed by atoms with Gasteiger partial charge in [-0.05, 0) is 80.4 Å². The second kappa shape index (κ2) is 12.7. The summed E-state index contributed by atoms with van der Waals surface area (Å²) in [6, 6.07) is 18.3. The maximum atomic E-state index is 14.1. The lowest BCUT2D eigenvalue weighted by atomic mass is 10.1. The Hall–Kier alpha value is -2.63. The molecule has 182 valence electrons. The van der Waals surface area contributed by atoms with Gasteiger partial charge in [-0.2, -0.15) is 0 Å². The van der Waals surface area contributed by atoms with Gasteiger partial charge in [0.2, 0.25) is 0 Å². The van der Waals surface area contributed by atoms with Crippen molar-refractivity contribution in [1.29, 1.82) is 0 Å². The number of rotatable bonds is 9. The number of carbonyl (C=O) groups excluding carboxylic acids is 1. The van der Waals surface area contributed by atoms with Crippen LogP contribution in [0.3, 0.4) is 0 Å². The van der Waals surface area contributed by atoms with Crippen LogP contribution >= 0.6 is 12.4 Å². The van der Waals surface area contributed by atoms with Crippen molar-refractivity contribution in [3.8, 4) is 5.75 Å². The topological polar surface area (TPSA) is 32.8 Å². The van der Waals surface area contributed by atoms with Gasteiger partial charge in [0.15, 0.2) is 0 Å². The molecule has 0 saturated carbocycles. The molecule has 34 heavy (non-hydrogen) atoms. The van der Waals surface area contributed by atoms with Crippen molar-refractivity contribution in [2.75, 3.05) is 32.8 Å². The number of hydrogen-bond acceptors (Lipinski definition) is 3. The summed E-state index contributed by atoms with van der Waals surface area (Å²) < 4.78 is 20.0. The molecule has 0 spiro atoms. The normalized spacial score (nSPS) is 13.9. The van der Waals surface area contributed by atoms with E-state index in [1.165, 1.54) is 38.4 Å². The Balaban J connectivity index is 0.00000324. The molecule has 4 nitrogen and oxygen atoms in total.